The van der Waals surface area contributed by atoms with E-state index in [4.69, 9.17) is 15.0 Å². The molecule has 0 amide bonds. The van der Waals surface area contributed by atoms with E-state index in [-0.39, 0.29) is 0 Å². The van der Waals surface area contributed by atoms with Crippen LogP contribution in [0.3, 0.4) is 0 Å². The van der Waals surface area contributed by atoms with Gasteiger partial charge in [0.1, 0.15) is 0 Å². The van der Waals surface area contributed by atoms with Crippen molar-refractivity contribution in [3.05, 3.63) is 152 Å². The van der Waals surface area contributed by atoms with Gasteiger partial charge in [0.25, 0.3) is 0 Å². The smallest absolute Gasteiger partial charge is 0.238 e. The molecular weight excluding hydrogens is 571 g/mol. The van der Waals surface area contributed by atoms with Gasteiger partial charge in [-0.15, -0.1) is 0 Å². The lowest BCUT2D eigenvalue weighted by Crippen LogP contribution is -2.19. The first kappa shape index (κ1) is 25.7. The van der Waals surface area contributed by atoms with E-state index in [0.717, 1.165) is 49.0 Å². The Balaban J connectivity index is 1.40. The fourth-order valence-corrected chi connectivity index (χ4v) is 7.31. The van der Waals surface area contributed by atoms with E-state index in [1.807, 2.05) is 60.7 Å². The van der Waals surface area contributed by atoms with Gasteiger partial charge >= 0.3 is 0 Å². The highest BCUT2D eigenvalue weighted by atomic mass is 32.2. The number of para-hydroxylation sites is 3. The molecule has 0 bridgehead atoms. The second kappa shape index (κ2) is 10.5. The van der Waals surface area contributed by atoms with Gasteiger partial charge in [-0.3, -0.25) is 4.90 Å². The fourth-order valence-electron chi connectivity index (χ4n) is 6.24. The molecule has 0 fully saturated rings. The number of rotatable bonds is 4. The lowest BCUT2D eigenvalue weighted by molar-refractivity contribution is 1.00. The van der Waals surface area contributed by atoms with Crippen molar-refractivity contribution in [2.24, 2.45) is 0 Å². The topological polar surface area (TPSA) is 46.8 Å². The van der Waals surface area contributed by atoms with Crippen LogP contribution in [0.1, 0.15) is 0 Å². The van der Waals surface area contributed by atoms with E-state index in [9.17, 15) is 0 Å². The average Bonchev–Trinajstić information content (AvgIpc) is 3.46. The normalized spacial score (nSPS) is 12.3. The summed E-state index contributed by atoms with van der Waals surface area (Å²) < 4.78 is 2.38. The fraction of sp³-hybridized carbons (Fsp3) is 0. The predicted octanol–water partition coefficient (Wildman–Crippen LogP) is 10.2. The first-order valence-corrected chi connectivity index (χ1v) is 15.7. The molecule has 0 unspecified atom stereocenters. The lowest BCUT2D eigenvalue weighted by atomic mass is 10.1. The van der Waals surface area contributed by atoms with Crippen molar-refractivity contribution in [2.45, 2.75) is 9.79 Å². The minimum Gasteiger partial charge on any atom is -0.307 e. The van der Waals surface area contributed by atoms with Crippen LogP contribution in [0.25, 0.3) is 50.3 Å². The summed E-state index contributed by atoms with van der Waals surface area (Å²) in [6.45, 7) is 0. The highest BCUT2D eigenvalue weighted by molar-refractivity contribution is 7.99. The molecule has 0 saturated carbocycles. The molecule has 8 aromatic rings. The molecule has 3 heterocycles. The molecule has 6 aromatic carbocycles. The lowest BCUT2D eigenvalue weighted by Gasteiger charge is -2.32. The SMILES string of the molecule is c1ccc(-c2nc(-c3ccccc3)nc(N3c4ccccc4Sc4ccc5c6ccccc6n(-c6ccccc6)c5c43)n2)cc1. The molecule has 45 heavy (non-hydrogen) atoms. The van der Waals surface area contributed by atoms with E-state index in [2.05, 4.69) is 100 Å². The van der Waals surface area contributed by atoms with Gasteiger partial charge in [0.2, 0.25) is 5.95 Å². The van der Waals surface area contributed by atoms with Gasteiger partial charge in [-0.2, -0.15) is 9.97 Å². The monoisotopic (exact) mass is 595 g/mol. The summed E-state index contributed by atoms with van der Waals surface area (Å²) in [6.07, 6.45) is 0. The number of benzene rings is 6. The molecule has 0 saturated heterocycles. The second-order valence-electron chi connectivity index (χ2n) is 10.9. The number of anilines is 3. The van der Waals surface area contributed by atoms with E-state index in [1.165, 1.54) is 10.8 Å². The molecule has 0 N–H and O–H groups in total. The largest absolute Gasteiger partial charge is 0.307 e. The van der Waals surface area contributed by atoms with Crippen LogP contribution < -0.4 is 4.90 Å². The van der Waals surface area contributed by atoms with Gasteiger partial charge in [-0.05, 0) is 36.4 Å². The molecule has 1 aliphatic rings. The number of hydrogen-bond acceptors (Lipinski definition) is 5. The third kappa shape index (κ3) is 4.22. The quantitative estimate of drug-likeness (QED) is 0.203. The average molecular weight is 596 g/mol. The van der Waals surface area contributed by atoms with Crippen LogP contribution >= 0.6 is 11.8 Å². The van der Waals surface area contributed by atoms with Crippen LogP contribution in [0.2, 0.25) is 0 Å². The van der Waals surface area contributed by atoms with Crippen LogP contribution in [0.5, 0.6) is 0 Å². The summed E-state index contributed by atoms with van der Waals surface area (Å²) in [7, 11) is 0. The van der Waals surface area contributed by atoms with Crippen LogP contribution in [-0.4, -0.2) is 19.5 Å². The zero-order valence-electron chi connectivity index (χ0n) is 24.1. The predicted molar refractivity (Wildman–Crippen MR) is 184 cm³/mol. The minimum atomic E-state index is 0.578. The van der Waals surface area contributed by atoms with Crippen molar-refractivity contribution in [3.63, 3.8) is 0 Å². The number of fused-ring (bicyclic) bond motifs is 6. The standard InChI is InChI=1S/C39H25N5S/c1-4-14-26(15-5-1)37-40-38(27-16-6-2-7-17-27)42-39(41-37)44-32-22-12-13-23-33(32)45-34-25-24-30-29-20-10-11-21-31(29)43(35(30)36(34)44)28-18-8-3-9-19-28/h1-25H. The Labute approximate surface area is 264 Å². The van der Waals surface area contributed by atoms with E-state index < -0.39 is 0 Å². The third-order valence-corrected chi connectivity index (χ3v) is 9.34. The summed E-state index contributed by atoms with van der Waals surface area (Å²) in [6, 6.07) is 52.5. The maximum Gasteiger partial charge on any atom is 0.238 e. The summed E-state index contributed by atoms with van der Waals surface area (Å²) in [4.78, 5) is 19.9. The first-order valence-electron chi connectivity index (χ1n) is 14.9. The van der Waals surface area contributed by atoms with Crippen molar-refractivity contribution in [2.75, 3.05) is 4.90 Å². The Kier molecular flexibility index (Phi) is 5.99. The zero-order chi connectivity index (χ0) is 29.7. The molecule has 212 valence electrons. The van der Waals surface area contributed by atoms with Gasteiger partial charge in [-0.1, -0.05) is 127 Å². The van der Waals surface area contributed by atoms with Gasteiger partial charge < -0.3 is 4.57 Å². The maximum atomic E-state index is 5.20. The Morgan fingerprint density at radius 1 is 0.467 bits per heavy atom. The highest BCUT2D eigenvalue weighted by Crippen LogP contribution is 2.54. The Bertz CT molecular complexity index is 2290. The molecule has 2 aromatic heterocycles. The molecule has 1 aliphatic heterocycles. The summed E-state index contributed by atoms with van der Waals surface area (Å²) in [5.41, 5.74) is 7.35. The molecule has 0 atom stereocenters. The molecular formula is C39H25N5S. The first-order chi connectivity index (χ1) is 22.3. The highest BCUT2D eigenvalue weighted by Gasteiger charge is 2.32. The maximum absolute atomic E-state index is 5.20. The molecule has 5 nitrogen and oxygen atoms in total. The summed E-state index contributed by atoms with van der Waals surface area (Å²) >= 11 is 1.78. The Morgan fingerprint density at radius 2 is 1.07 bits per heavy atom. The van der Waals surface area contributed by atoms with Crippen LogP contribution in [0.4, 0.5) is 17.3 Å². The van der Waals surface area contributed by atoms with Crippen LogP contribution in [0, 0.1) is 0 Å². The van der Waals surface area contributed by atoms with E-state index in [1.54, 1.807) is 11.8 Å². The van der Waals surface area contributed by atoms with E-state index >= 15 is 0 Å². The number of aromatic nitrogens is 4. The Morgan fingerprint density at radius 3 is 1.78 bits per heavy atom. The van der Waals surface area contributed by atoms with Crippen LogP contribution in [0.15, 0.2) is 161 Å². The van der Waals surface area contributed by atoms with Crippen molar-refractivity contribution < 1.29 is 0 Å². The van der Waals surface area contributed by atoms with Crippen molar-refractivity contribution in [1.29, 1.82) is 0 Å². The van der Waals surface area contributed by atoms with Gasteiger partial charge in [0.15, 0.2) is 11.6 Å². The van der Waals surface area contributed by atoms with Gasteiger partial charge in [-0.25, -0.2) is 4.98 Å². The number of hydrogen-bond donors (Lipinski definition) is 0. The van der Waals surface area contributed by atoms with E-state index in [0.29, 0.717) is 17.6 Å². The van der Waals surface area contributed by atoms with Gasteiger partial charge in [0.05, 0.1) is 22.4 Å². The van der Waals surface area contributed by atoms with Crippen molar-refractivity contribution in [1.82, 2.24) is 19.5 Å². The van der Waals surface area contributed by atoms with Gasteiger partial charge in [0, 0.05) is 37.4 Å². The zero-order valence-corrected chi connectivity index (χ0v) is 24.9. The minimum absolute atomic E-state index is 0.578. The molecule has 6 heteroatoms. The summed E-state index contributed by atoms with van der Waals surface area (Å²) in [5, 5.41) is 2.38. The summed E-state index contributed by atoms with van der Waals surface area (Å²) in [5.74, 6) is 1.84. The van der Waals surface area contributed by atoms with Crippen LogP contribution in [-0.2, 0) is 0 Å². The second-order valence-corrected chi connectivity index (χ2v) is 12.0. The molecule has 9 rings (SSSR count). The Hall–Kier alpha value is -5.72. The van der Waals surface area contributed by atoms with Crippen molar-refractivity contribution in [3.8, 4) is 28.5 Å². The molecule has 0 aliphatic carbocycles. The molecule has 0 spiro atoms. The third-order valence-electron chi connectivity index (χ3n) is 8.22. The molecule has 0 radical (unpaired) electrons. The number of nitrogens with zero attached hydrogens (tertiary/aromatic N) is 5. The van der Waals surface area contributed by atoms with Crippen molar-refractivity contribution >= 4 is 50.9 Å².